The van der Waals surface area contributed by atoms with E-state index in [-0.39, 0.29) is 24.9 Å². The molecule has 0 aromatic heterocycles. The molecule has 3 rings (SSSR count). The van der Waals surface area contributed by atoms with Crippen LogP contribution >= 0.6 is 0 Å². The highest BCUT2D eigenvalue weighted by atomic mass is 16.4. The average Bonchev–Trinajstić information content (AvgIpc) is 3.41. The summed E-state index contributed by atoms with van der Waals surface area (Å²) in [5, 5.41) is 17.1. The van der Waals surface area contributed by atoms with Crippen LogP contribution in [0.25, 0.3) is 0 Å². The standard InChI is InChI=1S/C11H14N2O4.C8H7N/c1-2-8(14)13-6-5-12(7-9(15)16)10(17)11(13)3-4-11;1-7-2-4-8(6-9)5-3-7/h2H,1,3-7H2,(H,15,16);2-5H,1H3. The van der Waals surface area contributed by atoms with Crippen molar-refractivity contribution in [2.75, 3.05) is 19.6 Å². The minimum absolute atomic E-state index is 0.249. The van der Waals surface area contributed by atoms with Crippen molar-refractivity contribution in [3.8, 4) is 6.07 Å². The molecule has 1 aromatic carbocycles. The van der Waals surface area contributed by atoms with Gasteiger partial charge in [-0.25, -0.2) is 0 Å². The maximum absolute atomic E-state index is 12.1. The van der Waals surface area contributed by atoms with E-state index in [2.05, 4.69) is 12.6 Å². The zero-order chi connectivity index (χ0) is 19.3. The molecule has 136 valence electrons. The lowest BCUT2D eigenvalue weighted by Crippen LogP contribution is -2.61. The van der Waals surface area contributed by atoms with Crippen LogP contribution in [0.15, 0.2) is 36.9 Å². The number of piperazine rings is 1. The number of nitrogens with zero attached hydrogens (tertiary/aromatic N) is 3. The molecule has 1 heterocycles. The highest BCUT2D eigenvalue weighted by molar-refractivity contribution is 5.99. The lowest BCUT2D eigenvalue weighted by Gasteiger charge is -2.40. The van der Waals surface area contributed by atoms with Gasteiger partial charge in [0.2, 0.25) is 11.8 Å². The summed E-state index contributed by atoms with van der Waals surface area (Å²) in [5.41, 5.74) is 1.13. The summed E-state index contributed by atoms with van der Waals surface area (Å²) in [4.78, 5) is 37.2. The second-order valence-electron chi connectivity index (χ2n) is 6.32. The van der Waals surface area contributed by atoms with E-state index in [1.165, 1.54) is 21.4 Å². The fraction of sp³-hybridized carbons (Fsp3) is 0.368. The quantitative estimate of drug-likeness (QED) is 0.824. The van der Waals surface area contributed by atoms with Gasteiger partial charge in [-0.15, -0.1) is 0 Å². The molecule has 2 fully saturated rings. The summed E-state index contributed by atoms with van der Waals surface area (Å²) >= 11 is 0. The van der Waals surface area contributed by atoms with Crippen LogP contribution in [-0.2, 0) is 14.4 Å². The smallest absolute Gasteiger partial charge is 0.323 e. The summed E-state index contributed by atoms with van der Waals surface area (Å²) in [7, 11) is 0. The van der Waals surface area contributed by atoms with Gasteiger partial charge in [-0.2, -0.15) is 5.26 Å². The van der Waals surface area contributed by atoms with E-state index in [9.17, 15) is 14.4 Å². The van der Waals surface area contributed by atoms with Crippen molar-refractivity contribution in [1.82, 2.24) is 9.80 Å². The van der Waals surface area contributed by atoms with Crippen molar-refractivity contribution in [2.45, 2.75) is 25.3 Å². The molecule has 1 saturated heterocycles. The van der Waals surface area contributed by atoms with Crippen molar-refractivity contribution >= 4 is 17.8 Å². The lowest BCUT2D eigenvalue weighted by molar-refractivity contribution is -0.155. The number of aryl methyl sites for hydroxylation is 1. The van der Waals surface area contributed by atoms with Crippen LogP contribution in [0.1, 0.15) is 24.0 Å². The van der Waals surface area contributed by atoms with Crippen LogP contribution < -0.4 is 0 Å². The maximum Gasteiger partial charge on any atom is 0.323 e. The van der Waals surface area contributed by atoms with E-state index in [1.807, 2.05) is 31.2 Å². The monoisotopic (exact) mass is 355 g/mol. The summed E-state index contributed by atoms with van der Waals surface area (Å²) < 4.78 is 0. The van der Waals surface area contributed by atoms with Crippen molar-refractivity contribution in [3.63, 3.8) is 0 Å². The molecule has 1 N–H and O–H groups in total. The number of rotatable bonds is 3. The third-order valence-electron chi connectivity index (χ3n) is 4.47. The van der Waals surface area contributed by atoms with Gasteiger partial charge >= 0.3 is 5.97 Å². The third-order valence-corrected chi connectivity index (χ3v) is 4.47. The first-order valence-electron chi connectivity index (χ1n) is 8.26. The number of benzene rings is 1. The van der Waals surface area contributed by atoms with Gasteiger partial charge in [0.1, 0.15) is 12.1 Å². The Labute approximate surface area is 152 Å². The molecule has 26 heavy (non-hydrogen) atoms. The predicted molar refractivity (Wildman–Crippen MR) is 94.0 cm³/mol. The number of aliphatic carboxylic acids is 1. The van der Waals surface area contributed by atoms with Crippen molar-refractivity contribution in [3.05, 3.63) is 48.0 Å². The normalized spacial score (nSPS) is 17.0. The van der Waals surface area contributed by atoms with Crippen molar-refractivity contribution in [1.29, 1.82) is 5.26 Å². The highest BCUT2D eigenvalue weighted by Crippen LogP contribution is 2.45. The van der Waals surface area contributed by atoms with Crippen molar-refractivity contribution in [2.24, 2.45) is 0 Å². The van der Waals surface area contributed by atoms with Crippen LogP contribution in [0.4, 0.5) is 0 Å². The number of hydrogen-bond acceptors (Lipinski definition) is 4. The van der Waals surface area contributed by atoms with Crippen LogP contribution in [0.5, 0.6) is 0 Å². The Kier molecular flexibility index (Phi) is 5.78. The molecule has 2 amide bonds. The molecule has 1 saturated carbocycles. The largest absolute Gasteiger partial charge is 0.480 e. The first-order chi connectivity index (χ1) is 12.3. The Hall–Kier alpha value is -3.14. The van der Waals surface area contributed by atoms with Crippen LogP contribution in [0, 0.1) is 18.3 Å². The van der Waals surface area contributed by atoms with Crippen LogP contribution in [0.2, 0.25) is 0 Å². The topological polar surface area (TPSA) is 102 Å². The SMILES string of the molecule is C=CC(=O)N1CCN(CC(=O)O)C(=O)C12CC2.Cc1ccc(C#N)cc1. The Balaban J connectivity index is 0.000000228. The zero-order valence-corrected chi connectivity index (χ0v) is 14.6. The minimum atomic E-state index is -1.03. The van der Waals surface area contributed by atoms with E-state index in [1.54, 1.807) is 0 Å². The third kappa shape index (κ3) is 4.09. The molecular weight excluding hydrogens is 334 g/mol. The molecule has 7 nitrogen and oxygen atoms in total. The first kappa shape index (κ1) is 19.2. The average molecular weight is 355 g/mol. The number of carbonyl (C=O) groups excluding carboxylic acids is 2. The summed E-state index contributed by atoms with van der Waals surface area (Å²) in [6.45, 7) is 5.77. The van der Waals surface area contributed by atoms with E-state index in [4.69, 9.17) is 10.4 Å². The summed E-state index contributed by atoms with van der Waals surface area (Å²) in [6, 6.07) is 9.54. The predicted octanol–water partition coefficient (Wildman–Crippen LogP) is 1.33. The fourth-order valence-corrected chi connectivity index (χ4v) is 2.92. The second-order valence-corrected chi connectivity index (χ2v) is 6.32. The van der Waals surface area contributed by atoms with Crippen LogP contribution in [0.3, 0.4) is 0 Å². The minimum Gasteiger partial charge on any atom is -0.480 e. The molecule has 0 atom stereocenters. The molecule has 1 aliphatic heterocycles. The fourth-order valence-electron chi connectivity index (χ4n) is 2.92. The Morgan fingerprint density at radius 1 is 1.31 bits per heavy atom. The summed E-state index contributed by atoms with van der Waals surface area (Å²) in [6.07, 6.45) is 2.42. The Morgan fingerprint density at radius 2 is 1.92 bits per heavy atom. The Bertz CT molecular complexity index is 760. The number of hydrogen-bond donors (Lipinski definition) is 1. The number of amides is 2. The van der Waals surface area contributed by atoms with E-state index in [0.717, 1.165) is 5.56 Å². The van der Waals surface area contributed by atoms with E-state index < -0.39 is 11.5 Å². The van der Waals surface area contributed by atoms with Crippen LogP contribution in [-0.4, -0.2) is 57.9 Å². The van der Waals surface area contributed by atoms with Gasteiger partial charge in [0.25, 0.3) is 0 Å². The molecule has 0 bridgehead atoms. The first-order valence-corrected chi connectivity index (χ1v) is 8.26. The number of carboxylic acids is 1. The number of carboxylic acid groups (broad SMARTS) is 1. The van der Waals surface area contributed by atoms with Gasteiger partial charge in [0.05, 0.1) is 11.6 Å². The number of nitriles is 1. The molecular formula is C19H21N3O4. The molecule has 1 aromatic rings. The molecule has 1 aliphatic carbocycles. The van der Waals surface area contributed by atoms with E-state index >= 15 is 0 Å². The Morgan fingerprint density at radius 3 is 2.38 bits per heavy atom. The molecule has 7 heteroatoms. The lowest BCUT2D eigenvalue weighted by atomic mass is 10.1. The molecule has 2 aliphatic rings. The zero-order valence-electron chi connectivity index (χ0n) is 14.6. The summed E-state index contributed by atoms with van der Waals surface area (Å²) in [5.74, 6) is -1.54. The van der Waals surface area contributed by atoms with Gasteiger partial charge in [0.15, 0.2) is 0 Å². The van der Waals surface area contributed by atoms with Gasteiger partial charge in [-0.05, 0) is 38.0 Å². The molecule has 1 spiro atoms. The highest BCUT2D eigenvalue weighted by Gasteiger charge is 2.59. The van der Waals surface area contributed by atoms with Gasteiger partial charge in [-0.3, -0.25) is 14.4 Å². The van der Waals surface area contributed by atoms with Crippen molar-refractivity contribution < 1.29 is 19.5 Å². The van der Waals surface area contributed by atoms with E-state index in [0.29, 0.717) is 19.4 Å². The maximum atomic E-state index is 12.1. The molecule has 0 radical (unpaired) electrons. The number of carbonyl (C=O) groups is 3. The van der Waals surface area contributed by atoms with Gasteiger partial charge in [-0.1, -0.05) is 24.3 Å². The molecule has 0 unspecified atom stereocenters. The van der Waals surface area contributed by atoms with Gasteiger partial charge in [0, 0.05) is 13.1 Å². The second kappa shape index (κ2) is 7.83. The van der Waals surface area contributed by atoms with Gasteiger partial charge < -0.3 is 14.9 Å².